The molecule has 2 heterocycles. The normalized spacial score (nSPS) is 21.1. The zero-order chi connectivity index (χ0) is 12.8. The van der Waals surface area contributed by atoms with Gasteiger partial charge in [0, 0.05) is 24.5 Å². The van der Waals surface area contributed by atoms with Crippen molar-refractivity contribution in [2.24, 2.45) is 0 Å². The van der Waals surface area contributed by atoms with E-state index in [0.29, 0.717) is 12.1 Å². The van der Waals surface area contributed by atoms with Gasteiger partial charge in [0.05, 0.1) is 6.10 Å². The van der Waals surface area contributed by atoms with E-state index in [9.17, 15) is 0 Å². The van der Waals surface area contributed by atoms with Gasteiger partial charge >= 0.3 is 0 Å². The van der Waals surface area contributed by atoms with Crippen molar-refractivity contribution >= 4 is 0 Å². The van der Waals surface area contributed by atoms with Gasteiger partial charge in [0.25, 0.3) is 0 Å². The first-order valence-corrected chi connectivity index (χ1v) is 7.07. The molecule has 1 aliphatic heterocycles. The van der Waals surface area contributed by atoms with Gasteiger partial charge in [-0.05, 0) is 50.8 Å². The Kier molecular flexibility index (Phi) is 5.14. The van der Waals surface area contributed by atoms with Crippen molar-refractivity contribution in [3.63, 3.8) is 0 Å². The van der Waals surface area contributed by atoms with Gasteiger partial charge in [-0.3, -0.25) is 4.98 Å². The summed E-state index contributed by atoms with van der Waals surface area (Å²) in [5.74, 6) is 0. The average Bonchev–Trinajstić information content (AvgIpc) is 2.89. The Bertz CT molecular complexity index is 344. The van der Waals surface area contributed by atoms with E-state index in [1.54, 1.807) is 0 Å². The summed E-state index contributed by atoms with van der Waals surface area (Å²) in [5.41, 5.74) is 2.37. The third-order valence-electron chi connectivity index (χ3n) is 3.59. The largest absolute Gasteiger partial charge is 0.378 e. The van der Waals surface area contributed by atoms with E-state index in [4.69, 9.17) is 4.74 Å². The van der Waals surface area contributed by atoms with Crippen LogP contribution in [0.2, 0.25) is 0 Å². The van der Waals surface area contributed by atoms with Crippen LogP contribution in [0.4, 0.5) is 0 Å². The van der Waals surface area contributed by atoms with Crippen LogP contribution in [-0.4, -0.2) is 24.2 Å². The van der Waals surface area contributed by atoms with Gasteiger partial charge in [0.1, 0.15) is 0 Å². The molecule has 0 amide bonds. The second kappa shape index (κ2) is 6.86. The second-order valence-corrected chi connectivity index (χ2v) is 5.06. The number of rotatable bonds is 6. The fraction of sp³-hybridized carbons (Fsp3) is 0.667. The molecular weight excluding hydrogens is 224 g/mol. The number of aryl methyl sites for hydroxylation is 1. The molecule has 2 rings (SSSR count). The van der Waals surface area contributed by atoms with Crippen molar-refractivity contribution in [2.75, 3.05) is 13.2 Å². The van der Waals surface area contributed by atoms with E-state index in [2.05, 4.69) is 29.4 Å². The highest BCUT2D eigenvalue weighted by atomic mass is 16.5. The van der Waals surface area contributed by atoms with Crippen LogP contribution in [0.15, 0.2) is 18.3 Å². The molecule has 1 aromatic heterocycles. The number of nitrogens with zero attached hydrogens (tertiary/aromatic N) is 1. The zero-order valence-corrected chi connectivity index (χ0v) is 11.5. The molecule has 2 unspecified atom stereocenters. The monoisotopic (exact) mass is 248 g/mol. The lowest BCUT2D eigenvalue weighted by molar-refractivity contribution is 0.0996. The van der Waals surface area contributed by atoms with E-state index >= 15 is 0 Å². The van der Waals surface area contributed by atoms with Gasteiger partial charge in [-0.25, -0.2) is 0 Å². The zero-order valence-electron chi connectivity index (χ0n) is 11.5. The highest BCUT2D eigenvalue weighted by Gasteiger charge is 2.18. The quantitative estimate of drug-likeness (QED) is 0.840. The summed E-state index contributed by atoms with van der Waals surface area (Å²) in [6, 6.07) is 4.68. The number of aromatic nitrogens is 1. The molecule has 3 nitrogen and oxygen atoms in total. The molecule has 1 aliphatic rings. The molecule has 0 aliphatic carbocycles. The molecule has 1 aromatic rings. The molecule has 100 valence electrons. The summed E-state index contributed by atoms with van der Waals surface area (Å²) in [6.07, 6.45) is 7.20. The Hall–Kier alpha value is -0.930. The topological polar surface area (TPSA) is 34.1 Å². The molecule has 0 bridgehead atoms. The van der Waals surface area contributed by atoms with Crippen molar-refractivity contribution in [1.82, 2.24) is 10.3 Å². The van der Waals surface area contributed by atoms with Gasteiger partial charge in [-0.2, -0.15) is 0 Å². The lowest BCUT2D eigenvalue weighted by Gasteiger charge is -2.20. The molecule has 0 radical (unpaired) electrons. The minimum absolute atomic E-state index is 0.410. The molecule has 0 aromatic carbocycles. The van der Waals surface area contributed by atoms with Gasteiger partial charge in [0.15, 0.2) is 0 Å². The fourth-order valence-corrected chi connectivity index (χ4v) is 2.54. The minimum atomic E-state index is 0.410. The Morgan fingerprint density at radius 3 is 3.00 bits per heavy atom. The Morgan fingerprint density at radius 2 is 2.39 bits per heavy atom. The first-order valence-electron chi connectivity index (χ1n) is 7.07. The SMILES string of the molecule is CCNC(CCC1CCCO1)c1ccc(C)nc1. The standard InChI is InChI=1S/C15H24N2O/c1-3-16-15(9-8-14-5-4-10-18-14)13-7-6-12(2)17-11-13/h6-7,11,14-16H,3-5,8-10H2,1-2H3. The number of nitrogens with one attached hydrogen (secondary N) is 1. The minimum Gasteiger partial charge on any atom is -0.378 e. The molecule has 1 fully saturated rings. The maximum atomic E-state index is 5.69. The second-order valence-electron chi connectivity index (χ2n) is 5.06. The van der Waals surface area contributed by atoms with Crippen molar-refractivity contribution < 1.29 is 4.74 Å². The smallest absolute Gasteiger partial charge is 0.0576 e. The molecular formula is C15H24N2O. The fourth-order valence-electron chi connectivity index (χ4n) is 2.54. The average molecular weight is 248 g/mol. The van der Waals surface area contributed by atoms with Crippen LogP contribution in [0.3, 0.4) is 0 Å². The number of hydrogen-bond acceptors (Lipinski definition) is 3. The highest BCUT2D eigenvalue weighted by molar-refractivity contribution is 5.17. The summed E-state index contributed by atoms with van der Waals surface area (Å²) in [4.78, 5) is 4.39. The molecule has 18 heavy (non-hydrogen) atoms. The predicted molar refractivity (Wildman–Crippen MR) is 73.6 cm³/mol. The molecule has 0 saturated carbocycles. The van der Waals surface area contributed by atoms with E-state index in [-0.39, 0.29) is 0 Å². The maximum absolute atomic E-state index is 5.69. The first-order chi connectivity index (χ1) is 8.79. The van der Waals surface area contributed by atoms with Crippen LogP contribution in [0, 0.1) is 6.92 Å². The third-order valence-corrected chi connectivity index (χ3v) is 3.59. The lowest BCUT2D eigenvalue weighted by Crippen LogP contribution is -2.22. The Morgan fingerprint density at radius 1 is 1.50 bits per heavy atom. The molecule has 3 heteroatoms. The summed E-state index contributed by atoms with van der Waals surface area (Å²) < 4.78 is 5.69. The van der Waals surface area contributed by atoms with E-state index in [1.165, 1.54) is 18.4 Å². The molecule has 1 saturated heterocycles. The number of ether oxygens (including phenoxy) is 1. The summed E-state index contributed by atoms with van der Waals surface area (Å²) >= 11 is 0. The third kappa shape index (κ3) is 3.79. The first kappa shape index (κ1) is 13.5. The predicted octanol–water partition coefficient (Wildman–Crippen LogP) is 3.00. The van der Waals surface area contributed by atoms with Crippen molar-refractivity contribution in [2.45, 2.75) is 51.7 Å². The molecule has 2 atom stereocenters. The number of hydrogen-bond donors (Lipinski definition) is 1. The molecule has 1 N–H and O–H groups in total. The summed E-state index contributed by atoms with van der Waals surface area (Å²) in [6.45, 7) is 6.12. The van der Waals surface area contributed by atoms with E-state index in [0.717, 1.165) is 31.7 Å². The van der Waals surface area contributed by atoms with Crippen LogP contribution >= 0.6 is 0 Å². The van der Waals surface area contributed by atoms with Crippen LogP contribution in [0.5, 0.6) is 0 Å². The maximum Gasteiger partial charge on any atom is 0.0576 e. The highest BCUT2D eigenvalue weighted by Crippen LogP contribution is 2.23. The van der Waals surface area contributed by atoms with Crippen molar-refractivity contribution in [1.29, 1.82) is 0 Å². The summed E-state index contributed by atoms with van der Waals surface area (Å²) in [7, 11) is 0. The molecule has 0 spiro atoms. The van der Waals surface area contributed by atoms with Crippen molar-refractivity contribution in [3.8, 4) is 0 Å². The van der Waals surface area contributed by atoms with Crippen LogP contribution in [0.25, 0.3) is 0 Å². The lowest BCUT2D eigenvalue weighted by atomic mass is 10.0. The van der Waals surface area contributed by atoms with Crippen molar-refractivity contribution in [3.05, 3.63) is 29.6 Å². The Balaban J connectivity index is 1.91. The number of pyridine rings is 1. The van der Waals surface area contributed by atoms with Crippen LogP contribution < -0.4 is 5.32 Å². The van der Waals surface area contributed by atoms with E-state index in [1.807, 2.05) is 13.1 Å². The van der Waals surface area contributed by atoms with Gasteiger partial charge in [0.2, 0.25) is 0 Å². The van der Waals surface area contributed by atoms with Crippen LogP contribution in [-0.2, 0) is 4.74 Å². The van der Waals surface area contributed by atoms with Gasteiger partial charge < -0.3 is 10.1 Å². The van der Waals surface area contributed by atoms with Gasteiger partial charge in [-0.15, -0.1) is 0 Å². The van der Waals surface area contributed by atoms with Gasteiger partial charge in [-0.1, -0.05) is 13.0 Å². The van der Waals surface area contributed by atoms with Crippen LogP contribution in [0.1, 0.15) is 49.9 Å². The van der Waals surface area contributed by atoms with E-state index < -0.39 is 0 Å². The Labute approximate surface area is 110 Å². The summed E-state index contributed by atoms with van der Waals surface area (Å²) in [5, 5.41) is 3.55.